The van der Waals surface area contributed by atoms with Crippen molar-refractivity contribution in [1.29, 1.82) is 0 Å². The lowest BCUT2D eigenvalue weighted by Crippen LogP contribution is -2.18. The van der Waals surface area contributed by atoms with E-state index >= 15 is 0 Å². The normalized spacial score (nSPS) is 10.9. The average molecular weight is 304 g/mol. The van der Waals surface area contributed by atoms with Gasteiger partial charge in [-0.25, -0.2) is 4.98 Å². The number of para-hydroxylation sites is 1. The zero-order valence-electron chi connectivity index (χ0n) is 11.3. The van der Waals surface area contributed by atoms with Gasteiger partial charge in [0.05, 0.1) is 5.39 Å². The number of hydrogen-bond acceptors (Lipinski definition) is 4. The van der Waals surface area contributed by atoms with Crippen LogP contribution in [0.15, 0.2) is 35.7 Å². The molecular formula is C15H14ClN3S. The summed E-state index contributed by atoms with van der Waals surface area (Å²) in [7, 11) is 0. The van der Waals surface area contributed by atoms with Crippen molar-refractivity contribution in [2.75, 3.05) is 11.4 Å². The van der Waals surface area contributed by atoms with Crippen LogP contribution in [0.5, 0.6) is 0 Å². The maximum atomic E-state index is 6.07. The fraction of sp³-hybridized carbons (Fsp3) is 0.200. The molecule has 2 aromatic heterocycles. The largest absolute Gasteiger partial charge is 0.326 e. The van der Waals surface area contributed by atoms with Crippen LogP contribution in [0.3, 0.4) is 0 Å². The Bertz CT molecular complexity index is 754. The molecule has 0 fully saturated rings. The van der Waals surface area contributed by atoms with E-state index in [0.29, 0.717) is 5.28 Å². The van der Waals surface area contributed by atoms with E-state index in [9.17, 15) is 0 Å². The Kier molecular flexibility index (Phi) is 3.59. The molecule has 0 spiro atoms. The Labute approximate surface area is 126 Å². The number of nitrogens with zero attached hydrogens (tertiary/aromatic N) is 3. The van der Waals surface area contributed by atoms with Crippen molar-refractivity contribution >= 4 is 44.7 Å². The van der Waals surface area contributed by atoms with E-state index < -0.39 is 0 Å². The second-order valence-electron chi connectivity index (χ2n) is 4.49. The maximum absolute atomic E-state index is 6.07. The molecule has 0 unspecified atom stereocenters. The highest BCUT2D eigenvalue weighted by atomic mass is 35.5. The molecule has 1 aromatic carbocycles. The molecule has 0 N–H and O–H groups in total. The molecular weight excluding hydrogens is 290 g/mol. The van der Waals surface area contributed by atoms with E-state index in [1.807, 2.05) is 23.6 Å². The van der Waals surface area contributed by atoms with Gasteiger partial charge in [-0.15, -0.1) is 11.3 Å². The molecule has 0 saturated carbocycles. The third-order valence-corrected chi connectivity index (χ3v) is 4.23. The molecule has 0 saturated heterocycles. The van der Waals surface area contributed by atoms with Crippen LogP contribution >= 0.6 is 22.9 Å². The molecule has 0 radical (unpaired) electrons. The van der Waals surface area contributed by atoms with Gasteiger partial charge < -0.3 is 4.90 Å². The van der Waals surface area contributed by atoms with E-state index in [4.69, 9.17) is 11.6 Å². The van der Waals surface area contributed by atoms with Crippen LogP contribution in [0, 0.1) is 6.92 Å². The minimum Gasteiger partial charge on any atom is -0.326 e. The van der Waals surface area contributed by atoms with Crippen LogP contribution in [0.1, 0.15) is 12.5 Å². The SMILES string of the molecule is CCN(c1ccccc1C)c1nc(Cl)nc2sccc12. The van der Waals surface area contributed by atoms with Gasteiger partial charge in [-0.3, -0.25) is 0 Å². The quantitative estimate of drug-likeness (QED) is 0.650. The monoisotopic (exact) mass is 303 g/mol. The summed E-state index contributed by atoms with van der Waals surface area (Å²) in [5.41, 5.74) is 2.37. The fourth-order valence-corrected chi connectivity index (χ4v) is 3.29. The Morgan fingerprint density at radius 2 is 2.00 bits per heavy atom. The van der Waals surface area contributed by atoms with Crippen molar-refractivity contribution < 1.29 is 0 Å². The minimum atomic E-state index is 0.294. The van der Waals surface area contributed by atoms with E-state index in [-0.39, 0.29) is 0 Å². The van der Waals surface area contributed by atoms with Gasteiger partial charge in [-0.1, -0.05) is 18.2 Å². The van der Waals surface area contributed by atoms with E-state index in [1.165, 1.54) is 5.56 Å². The van der Waals surface area contributed by atoms with Gasteiger partial charge in [-0.2, -0.15) is 4.98 Å². The van der Waals surface area contributed by atoms with E-state index in [1.54, 1.807) is 11.3 Å². The first-order chi connectivity index (χ1) is 9.70. The summed E-state index contributed by atoms with van der Waals surface area (Å²) in [4.78, 5) is 11.8. The maximum Gasteiger partial charge on any atom is 0.225 e. The van der Waals surface area contributed by atoms with Crippen molar-refractivity contribution in [3.63, 3.8) is 0 Å². The van der Waals surface area contributed by atoms with Gasteiger partial charge in [0, 0.05) is 12.2 Å². The van der Waals surface area contributed by atoms with Crippen molar-refractivity contribution in [3.8, 4) is 0 Å². The van der Waals surface area contributed by atoms with Crippen LogP contribution < -0.4 is 4.90 Å². The molecule has 0 bridgehead atoms. The van der Waals surface area contributed by atoms with Crippen LogP contribution in [-0.4, -0.2) is 16.5 Å². The second-order valence-corrected chi connectivity index (χ2v) is 5.72. The minimum absolute atomic E-state index is 0.294. The third kappa shape index (κ3) is 2.25. The molecule has 102 valence electrons. The van der Waals surface area contributed by atoms with Crippen molar-refractivity contribution in [2.45, 2.75) is 13.8 Å². The van der Waals surface area contributed by atoms with Crippen LogP contribution in [0.25, 0.3) is 10.2 Å². The highest BCUT2D eigenvalue weighted by Gasteiger charge is 2.16. The molecule has 3 aromatic rings. The summed E-state index contributed by atoms with van der Waals surface area (Å²) in [5, 5.41) is 3.36. The predicted molar refractivity (Wildman–Crippen MR) is 86.3 cm³/mol. The number of thiophene rings is 1. The predicted octanol–water partition coefficient (Wildman–Crippen LogP) is 4.81. The average Bonchev–Trinajstić information content (AvgIpc) is 2.89. The summed E-state index contributed by atoms with van der Waals surface area (Å²) in [6.45, 7) is 5.04. The molecule has 0 aliphatic rings. The smallest absolute Gasteiger partial charge is 0.225 e. The number of anilines is 2. The van der Waals surface area contributed by atoms with Crippen LogP contribution in [0.4, 0.5) is 11.5 Å². The number of benzene rings is 1. The van der Waals surface area contributed by atoms with Gasteiger partial charge in [0.15, 0.2) is 0 Å². The zero-order valence-corrected chi connectivity index (χ0v) is 12.9. The zero-order chi connectivity index (χ0) is 14.1. The molecule has 5 heteroatoms. The molecule has 0 amide bonds. The second kappa shape index (κ2) is 5.38. The summed E-state index contributed by atoms with van der Waals surface area (Å²) < 4.78 is 0. The Balaban J connectivity index is 2.22. The van der Waals surface area contributed by atoms with Gasteiger partial charge in [0.1, 0.15) is 10.6 Å². The molecule has 0 aliphatic heterocycles. The standard InChI is InChI=1S/C15H14ClN3S/c1-3-19(12-7-5-4-6-10(12)2)13-11-8-9-20-14(11)18-15(16)17-13/h4-9H,3H2,1-2H3. The first-order valence-electron chi connectivity index (χ1n) is 6.44. The Morgan fingerprint density at radius 3 is 2.75 bits per heavy atom. The van der Waals surface area contributed by atoms with Crippen molar-refractivity contribution in [3.05, 3.63) is 46.6 Å². The number of hydrogen-bond donors (Lipinski definition) is 0. The van der Waals surface area contributed by atoms with Crippen LogP contribution in [-0.2, 0) is 0 Å². The molecule has 0 aliphatic carbocycles. The summed E-state index contributed by atoms with van der Waals surface area (Å²) >= 11 is 7.65. The van der Waals surface area contributed by atoms with E-state index in [2.05, 4.69) is 40.8 Å². The first-order valence-corrected chi connectivity index (χ1v) is 7.70. The molecule has 2 heterocycles. The Morgan fingerprint density at radius 1 is 1.20 bits per heavy atom. The van der Waals surface area contributed by atoms with E-state index in [0.717, 1.165) is 28.3 Å². The summed E-state index contributed by atoms with van der Waals surface area (Å²) in [5.74, 6) is 0.873. The van der Waals surface area contributed by atoms with Crippen LogP contribution in [0.2, 0.25) is 5.28 Å². The van der Waals surface area contributed by atoms with Gasteiger partial charge in [0.25, 0.3) is 0 Å². The number of rotatable bonds is 3. The van der Waals surface area contributed by atoms with Crippen molar-refractivity contribution in [2.24, 2.45) is 0 Å². The molecule has 20 heavy (non-hydrogen) atoms. The third-order valence-electron chi connectivity index (χ3n) is 3.26. The molecule has 3 rings (SSSR count). The number of aromatic nitrogens is 2. The highest BCUT2D eigenvalue weighted by molar-refractivity contribution is 7.16. The fourth-order valence-electron chi connectivity index (χ4n) is 2.32. The molecule has 0 atom stereocenters. The molecule has 3 nitrogen and oxygen atoms in total. The topological polar surface area (TPSA) is 29.0 Å². The lowest BCUT2D eigenvalue weighted by Gasteiger charge is -2.24. The Hall–Kier alpha value is -1.65. The van der Waals surface area contributed by atoms with Gasteiger partial charge in [-0.05, 0) is 48.5 Å². The number of aryl methyl sites for hydroxylation is 1. The number of halogens is 1. The van der Waals surface area contributed by atoms with Gasteiger partial charge in [0.2, 0.25) is 5.28 Å². The van der Waals surface area contributed by atoms with Gasteiger partial charge >= 0.3 is 0 Å². The lowest BCUT2D eigenvalue weighted by molar-refractivity contribution is 0.984. The number of fused-ring (bicyclic) bond motifs is 1. The summed E-state index contributed by atoms with van der Waals surface area (Å²) in [6, 6.07) is 10.3. The first kappa shape index (κ1) is 13.3. The summed E-state index contributed by atoms with van der Waals surface area (Å²) in [6.07, 6.45) is 0. The lowest BCUT2D eigenvalue weighted by atomic mass is 10.1. The van der Waals surface area contributed by atoms with Crippen molar-refractivity contribution in [1.82, 2.24) is 9.97 Å². The highest BCUT2D eigenvalue weighted by Crippen LogP contribution is 2.34.